The van der Waals surface area contributed by atoms with E-state index in [2.05, 4.69) is 10.1 Å². The molecule has 5 nitrogen and oxygen atoms in total. The van der Waals surface area contributed by atoms with E-state index in [4.69, 9.17) is 0 Å². The number of rotatable bonds is 4. The van der Waals surface area contributed by atoms with Crippen LogP contribution < -0.4 is 0 Å². The summed E-state index contributed by atoms with van der Waals surface area (Å²) in [5, 5.41) is 16.7. The van der Waals surface area contributed by atoms with Gasteiger partial charge in [-0.25, -0.2) is 0 Å². The summed E-state index contributed by atoms with van der Waals surface area (Å²) < 4.78 is 0. The molecule has 1 atom stereocenters. The number of benzene rings is 1. The highest BCUT2D eigenvalue weighted by Crippen LogP contribution is 2.36. The summed E-state index contributed by atoms with van der Waals surface area (Å²) in [5.41, 5.74) is 0.904. The SMILES string of the molecule is CCC1=NN(C(=O)Cc2ccccc2)[C@](O)(c2ccncc2)C1. The van der Waals surface area contributed by atoms with Crippen LogP contribution in [0.25, 0.3) is 0 Å². The summed E-state index contributed by atoms with van der Waals surface area (Å²) in [7, 11) is 0. The number of hydrogen-bond donors (Lipinski definition) is 1. The first-order valence-corrected chi connectivity index (χ1v) is 7.69. The van der Waals surface area contributed by atoms with Crippen LogP contribution in [0, 0.1) is 0 Å². The van der Waals surface area contributed by atoms with E-state index in [1.54, 1.807) is 24.5 Å². The van der Waals surface area contributed by atoms with Crippen LogP contribution in [0.2, 0.25) is 0 Å². The summed E-state index contributed by atoms with van der Waals surface area (Å²) >= 11 is 0. The van der Waals surface area contributed by atoms with Crippen LogP contribution in [0.4, 0.5) is 0 Å². The van der Waals surface area contributed by atoms with Gasteiger partial charge in [0.15, 0.2) is 5.72 Å². The molecule has 0 fully saturated rings. The van der Waals surface area contributed by atoms with Crippen molar-refractivity contribution in [2.75, 3.05) is 0 Å². The second kappa shape index (κ2) is 6.30. The van der Waals surface area contributed by atoms with Gasteiger partial charge in [-0.1, -0.05) is 37.3 Å². The van der Waals surface area contributed by atoms with Crippen LogP contribution in [-0.4, -0.2) is 26.7 Å². The summed E-state index contributed by atoms with van der Waals surface area (Å²) in [6.07, 6.45) is 4.44. The third-order valence-corrected chi connectivity index (χ3v) is 4.03. The predicted molar refractivity (Wildman–Crippen MR) is 87.5 cm³/mol. The van der Waals surface area contributed by atoms with Gasteiger partial charge in [-0.2, -0.15) is 10.1 Å². The smallest absolute Gasteiger partial charge is 0.250 e. The van der Waals surface area contributed by atoms with Gasteiger partial charge in [0.2, 0.25) is 5.91 Å². The molecule has 23 heavy (non-hydrogen) atoms. The predicted octanol–water partition coefficient (Wildman–Crippen LogP) is 2.47. The molecular formula is C18H19N3O2. The minimum absolute atomic E-state index is 0.203. The summed E-state index contributed by atoms with van der Waals surface area (Å²) in [6, 6.07) is 12.9. The van der Waals surface area contributed by atoms with Gasteiger partial charge < -0.3 is 5.11 Å². The molecule has 1 aliphatic rings. The highest BCUT2D eigenvalue weighted by molar-refractivity contribution is 5.91. The van der Waals surface area contributed by atoms with Crippen molar-refractivity contribution in [3.8, 4) is 0 Å². The zero-order valence-electron chi connectivity index (χ0n) is 13.0. The monoisotopic (exact) mass is 309 g/mol. The van der Waals surface area contributed by atoms with Crippen molar-refractivity contribution in [1.29, 1.82) is 0 Å². The topological polar surface area (TPSA) is 65.8 Å². The maximum Gasteiger partial charge on any atom is 0.250 e. The van der Waals surface area contributed by atoms with Crippen molar-refractivity contribution in [2.45, 2.75) is 31.9 Å². The zero-order chi connectivity index (χ0) is 16.3. The van der Waals surface area contributed by atoms with Gasteiger partial charge >= 0.3 is 0 Å². The molecule has 3 rings (SSSR count). The number of hydrazone groups is 1. The molecule has 2 aromatic rings. The fourth-order valence-corrected chi connectivity index (χ4v) is 2.77. The molecule has 2 heterocycles. The fraction of sp³-hybridized carbons (Fsp3) is 0.278. The lowest BCUT2D eigenvalue weighted by Gasteiger charge is -2.31. The van der Waals surface area contributed by atoms with Gasteiger partial charge in [0, 0.05) is 30.1 Å². The standard InChI is InChI=1S/C18H19N3O2/c1-2-16-13-18(23,15-8-10-19-11-9-15)21(20-16)17(22)12-14-6-4-3-5-7-14/h3-11,23H,2,12-13H2,1H3/t18-/m1/s1. The Bertz CT molecular complexity index is 716. The Kier molecular flexibility index (Phi) is 4.21. The molecule has 0 spiro atoms. The molecule has 1 aromatic heterocycles. The van der Waals surface area contributed by atoms with Crippen molar-refractivity contribution in [3.63, 3.8) is 0 Å². The van der Waals surface area contributed by atoms with Gasteiger partial charge in [-0.05, 0) is 24.1 Å². The normalized spacial score (nSPS) is 20.4. The van der Waals surface area contributed by atoms with Crippen LogP contribution >= 0.6 is 0 Å². The third kappa shape index (κ3) is 3.00. The average Bonchev–Trinajstić information content (AvgIpc) is 2.95. The van der Waals surface area contributed by atoms with Gasteiger partial charge in [0.1, 0.15) is 0 Å². The van der Waals surface area contributed by atoms with Crippen LogP contribution in [0.3, 0.4) is 0 Å². The highest BCUT2D eigenvalue weighted by Gasteiger charge is 2.45. The van der Waals surface area contributed by atoms with E-state index < -0.39 is 5.72 Å². The Labute approximate surface area is 135 Å². The molecule has 0 bridgehead atoms. The number of hydrogen-bond acceptors (Lipinski definition) is 4. The van der Waals surface area contributed by atoms with E-state index in [1.807, 2.05) is 37.3 Å². The molecular weight excluding hydrogens is 290 g/mol. The van der Waals surface area contributed by atoms with Crippen molar-refractivity contribution in [3.05, 3.63) is 66.0 Å². The maximum atomic E-state index is 12.7. The molecule has 0 unspecified atom stereocenters. The molecule has 5 heteroatoms. The average molecular weight is 309 g/mol. The van der Waals surface area contributed by atoms with Crippen LogP contribution in [0.1, 0.15) is 30.9 Å². The summed E-state index contributed by atoms with van der Waals surface area (Å²) in [6.45, 7) is 1.97. The van der Waals surface area contributed by atoms with Crippen molar-refractivity contribution < 1.29 is 9.90 Å². The molecule has 0 saturated heterocycles. The van der Waals surface area contributed by atoms with E-state index in [1.165, 1.54) is 5.01 Å². The molecule has 0 aliphatic carbocycles. The third-order valence-electron chi connectivity index (χ3n) is 4.03. The second-order valence-corrected chi connectivity index (χ2v) is 5.62. The Balaban J connectivity index is 1.90. The van der Waals surface area contributed by atoms with E-state index in [0.717, 1.165) is 11.3 Å². The molecule has 1 aliphatic heterocycles. The minimum Gasteiger partial charge on any atom is -0.365 e. The number of nitrogens with zero attached hydrogens (tertiary/aromatic N) is 3. The number of carbonyl (C=O) groups excluding carboxylic acids is 1. The number of aliphatic hydroxyl groups is 1. The Morgan fingerprint density at radius 2 is 1.91 bits per heavy atom. The highest BCUT2D eigenvalue weighted by atomic mass is 16.3. The number of carbonyl (C=O) groups is 1. The summed E-state index contributed by atoms with van der Waals surface area (Å²) in [4.78, 5) is 16.7. The van der Waals surface area contributed by atoms with E-state index >= 15 is 0 Å². The molecule has 0 saturated carbocycles. The minimum atomic E-state index is -1.43. The molecule has 1 N–H and O–H groups in total. The summed E-state index contributed by atoms with van der Waals surface area (Å²) in [5.74, 6) is -0.223. The lowest BCUT2D eigenvalue weighted by Crippen LogP contribution is -2.44. The first kappa shape index (κ1) is 15.4. The van der Waals surface area contributed by atoms with Crippen LogP contribution in [-0.2, 0) is 16.9 Å². The number of pyridine rings is 1. The van der Waals surface area contributed by atoms with Crippen LogP contribution in [0.5, 0.6) is 0 Å². The Morgan fingerprint density at radius 1 is 1.22 bits per heavy atom. The van der Waals surface area contributed by atoms with Gasteiger partial charge in [-0.15, -0.1) is 0 Å². The molecule has 1 aromatic carbocycles. The lowest BCUT2D eigenvalue weighted by molar-refractivity contribution is -0.157. The zero-order valence-corrected chi connectivity index (χ0v) is 13.0. The Morgan fingerprint density at radius 3 is 2.57 bits per heavy atom. The molecule has 0 radical (unpaired) electrons. The molecule has 1 amide bonds. The molecule has 118 valence electrons. The van der Waals surface area contributed by atoms with E-state index in [-0.39, 0.29) is 12.3 Å². The maximum absolute atomic E-state index is 12.7. The van der Waals surface area contributed by atoms with Gasteiger partial charge in [0.05, 0.1) is 6.42 Å². The first-order chi connectivity index (χ1) is 11.1. The van der Waals surface area contributed by atoms with E-state index in [9.17, 15) is 9.90 Å². The van der Waals surface area contributed by atoms with Crippen molar-refractivity contribution in [2.24, 2.45) is 5.10 Å². The van der Waals surface area contributed by atoms with E-state index in [0.29, 0.717) is 18.4 Å². The first-order valence-electron chi connectivity index (χ1n) is 7.69. The van der Waals surface area contributed by atoms with Gasteiger partial charge in [0.25, 0.3) is 0 Å². The number of aromatic nitrogens is 1. The lowest BCUT2D eigenvalue weighted by atomic mass is 9.97. The largest absolute Gasteiger partial charge is 0.365 e. The quantitative estimate of drug-likeness (QED) is 0.943. The van der Waals surface area contributed by atoms with Crippen molar-refractivity contribution >= 4 is 11.6 Å². The number of amides is 1. The second-order valence-electron chi connectivity index (χ2n) is 5.62. The van der Waals surface area contributed by atoms with Gasteiger partial charge in [-0.3, -0.25) is 9.78 Å². The Hall–Kier alpha value is -2.53. The van der Waals surface area contributed by atoms with Crippen molar-refractivity contribution in [1.82, 2.24) is 9.99 Å². The fourth-order valence-electron chi connectivity index (χ4n) is 2.77. The van der Waals surface area contributed by atoms with Crippen LogP contribution in [0.15, 0.2) is 60.0 Å².